The van der Waals surface area contributed by atoms with Crippen molar-refractivity contribution in [3.05, 3.63) is 63.9 Å². The van der Waals surface area contributed by atoms with E-state index in [1.54, 1.807) is 24.3 Å². The first-order valence-electron chi connectivity index (χ1n) is 7.75. The summed E-state index contributed by atoms with van der Waals surface area (Å²) in [5.74, 6) is -0.314. The van der Waals surface area contributed by atoms with Gasteiger partial charge in [0.15, 0.2) is 0 Å². The molecule has 3 rings (SSSR count). The number of anilines is 1. The molecule has 0 spiro atoms. The van der Waals surface area contributed by atoms with Crippen LogP contribution in [-0.2, 0) is 11.2 Å². The Labute approximate surface area is 150 Å². The molecule has 1 heterocycles. The smallest absolute Gasteiger partial charge is 0.227 e. The van der Waals surface area contributed by atoms with Crippen LogP contribution in [0.15, 0.2) is 42.5 Å². The highest BCUT2D eigenvalue weighted by Crippen LogP contribution is 2.23. The lowest BCUT2D eigenvalue weighted by Crippen LogP contribution is -2.49. The molecule has 0 saturated carbocycles. The number of nitrogens with zero attached hydrogens (tertiary/aromatic N) is 2. The highest BCUT2D eigenvalue weighted by atomic mass is 35.5. The molecule has 2 aromatic carbocycles. The Kier molecular flexibility index (Phi) is 5.27. The highest BCUT2D eigenvalue weighted by Gasteiger charge is 2.21. The van der Waals surface area contributed by atoms with Gasteiger partial charge in [0.1, 0.15) is 5.82 Å². The molecule has 1 amide bonds. The van der Waals surface area contributed by atoms with Crippen LogP contribution in [0.1, 0.15) is 5.56 Å². The van der Waals surface area contributed by atoms with Crippen LogP contribution in [0.3, 0.4) is 0 Å². The SMILES string of the molecule is O=C(Cc1ccc(Cl)cc1)N1CCN(c2ccc(F)c(Cl)c2)CC1. The number of hydrogen-bond acceptors (Lipinski definition) is 2. The van der Waals surface area contributed by atoms with E-state index in [9.17, 15) is 9.18 Å². The average Bonchev–Trinajstić information content (AvgIpc) is 2.59. The third kappa shape index (κ3) is 4.00. The van der Waals surface area contributed by atoms with Crippen molar-refractivity contribution in [2.24, 2.45) is 0 Å². The number of piperazine rings is 1. The van der Waals surface area contributed by atoms with Gasteiger partial charge >= 0.3 is 0 Å². The molecule has 0 unspecified atom stereocenters. The third-order valence-electron chi connectivity index (χ3n) is 4.17. The van der Waals surface area contributed by atoms with Gasteiger partial charge in [-0.05, 0) is 35.9 Å². The van der Waals surface area contributed by atoms with Crippen LogP contribution >= 0.6 is 23.2 Å². The fourth-order valence-corrected chi connectivity index (χ4v) is 3.09. The second kappa shape index (κ2) is 7.41. The maximum absolute atomic E-state index is 13.3. The molecular formula is C18H17Cl2FN2O. The predicted octanol–water partition coefficient (Wildman–Crippen LogP) is 4.02. The van der Waals surface area contributed by atoms with Crippen molar-refractivity contribution >= 4 is 34.8 Å². The molecule has 0 aliphatic carbocycles. The Morgan fingerprint density at radius 3 is 2.29 bits per heavy atom. The Morgan fingerprint density at radius 1 is 1.00 bits per heavy atom. The molecule has 1 aliphatic rings. The quantitative estimate of drug-likeness (QED) is 0.818. The second-order valence-corrected chi connectivity index (χ2v) is 6.61. The zero-order valence-corrected chi connectivity index (χ0v) is 14.5. The van der Waals surface area contributed by atoms with E-state index in [1.165, 1.54) is 6.07 Å². The Hall–Kier alpha value is -1.78. The van der Waals surface area contributed by atoms with Crippen LogP contribution in [0.4, 0.5) is 10.1 Å². The summed E-state index contributed by atoms with van der Waals surface area (Å²) in [6.45, 7) is 2.69. The zero-order valence-electron chi connectivity index (χ0n) is 13.0. The molecule has 0 aromatic heterocycles. The maximum atomic E-state index is 13.3. The van der Waals surface area contributed by atoms with Crippen molar-refractivity contribution in [1.82, 2.24) is 4.90 Å². The van der Waals surface area contributed by atoms with E-state index >= 15 is 0 Å². The first kappa shape index (κ1) is 17.1. The van der Waals surface area contributed by atoms with Gasteiger partial charge in [-0.15, -0.1) is 0 Å². The number of amides is 1. The fourth-order valence-electron chi connectivity index (χ4n) is 2.78. The van der Waals surface area contributed by atoms with Gasteiger partial charge in [-0.1, -0.05) is 35.3 Å². The molecule has 2 aromatic rings. The molecule has 0 bridgehead atoms. The van der Waals surface area contributed by atoms with E-state index in [2.05, 4.69) is 4.90 Å². The molecule has 3 nitrogen and oxygen atoms in total. The van der Waals surface area contributed by atoms with Crippen LogP contribution < -0.4 is 4.90 Å². The van der Waals surface area contributed by atoms with Crippen molar-refractivity contribution < 1.29 is 9.18 Å². The summed E-state index contributed by atoms with van der Waals surface area (Å²) in [6, 6.07) is 12.0. The van der Waals surface area contributed by atoms with Gasteiger partial charge in [0.2, 0.25) is 5.91 Å². The van der Waals surface area contributed by atoms with Gasteiger partial charge < -0.3 is 9.80 Å². The van der Waals surface area contributed by atoms with E-state index < -0.39 is 5.82 Å². The molecular weight excluding hydrogens is 350 g/mol. The maximum Gasteiger partial charge on any atom is 0.227 e. The largest absolute Gasteiger partial charge is 0.368 e. The molecule has 1 aliphatic heterocycles. The number of carbonyl (C=O) groups is 1. The number of halogens is 3. The highest BCUT2D eigenvalue weighted by molar-refractivity contribution is 6.31. The standard InChI is InChI=1S/C18H17Cl2FN2O/c19-14-3-1-13(2-4-14)11-18(24)23-9-7-22(8-10-23)15-5-6-17(21)16(20)12-15/h1-6,12H,7-11H2. The Morgan fingerprint density at radius 2 is 1.67 bits per heavy atom. The van der Waals surface area contributed by atoms with Gasteiger partial charge in [-0.25, -0.2) is 4.39 Å². The normalized spacial score (nSPS) is 14.8. The van der Waals surface area contributed by atoms with E-state index in [-0.39, 0.29) is 10.9 Å². The Balaban J connectivity index is 1.57. The summed E-state index contributed by atoms with van der Waals surface area (Å²) >= 11 is 11.7. The Bertz CT molecular complexity index is 728. The summed E-state index contributed by atoms with van der Waals surface area (Å²) in [4.78, 5) is 16.4. The number of benzene rings is 2. The van der Waals surface area contributed by atoms with Crippen LogP contribution in [0.25, 0.3) is 0 Å². The lowest BCUT2D eigenvalue weighted by molar-refractivity contribution is -0.130. The zero-order chi connectivity index (χ0) is 17.1. The lowest BCUT2D eigenvalue weighted by atomic mass is 10.1. The third-order valence-corrected chi connectivity index (χ3v) is 4.71. The minimum Gasteiger partial charge on any atom is -0.368 e. The molecule has 1 saturated heterocycles. The molecule has 126 valence electrons. The van der Waals surface area contributed by atoms with Gasteiger partial charge in [0, 0.05) is 36.9 Å². The minimum absolute atomic E-state index is 0.106. The molecule has 6 heteroatoms. The second-order valence-electron chi connectivity index (χ2n) is 5.77. The van der Waals surface area contributed by atoms with Gasteiger partial charge in [-0.2, -0.15) is 0 Å². The van der Waals surface area contributed by atoms with Crippen molar-refractivity contribution in [2.75, 3.05) is 31.1 Å². The van der Waals surface area contributed by atoms with E-state index in [0.29, 0.717) is 37.6 Å². The summed E-state index contributed by atoms with van der Waals surface area (Å²) < 4.78 is 13.3. The lowest BCUT2D eigenvalue weighted by Gasteiger charge is -2.36. The molecule has 1 fully saturated rings. The summed E-state index contributed by atoms with van der Waals surface area (Å²) in [5.41, 5.74) is 1.84. The summed E-state index contributed by atoms with van der Waals surface area (Å²) in [5, 5.41) is 0.784. The minimum atomic E-state index is -0.419. The predicted molar refractivity (Wildman–Crippen MR) is 95.4 cm³/mol. The van der Waals surface area contributed by atoms with Crippen molar-refractivity contribution in [1.29, 1.82) is 0 Å². The molecule has 0 radical (unpaired) electrons. The van der Waals surface area contributed by atoms with E-state index in [0.717, 1.165) is 11.3 Å². The van der Waals surface area contributed by atoms with Crippen LogP contribution in [0.2, 0.25) is 10.0 Å². The van der Waals surface area contributed by atoms with Crippen molar-refractivity contribution in [2.45, 2.75) is 6.42 Å². The number of carbonyl (C=O) groups excluding carboxylic acids is 1. The van der Waals surface area contributed by atoms with Gasteiger partial charge in [0.05, 0.1) is 11.4 Å². The molecule has 24 heavy (non-hydrogen) atoms. The van der Waals surface area contributed by atoms with Crippen molar-refractivity contribution in [3.63, 3.8) is 0 Å². The monoisotopic (exact) mass is 366 g/mol. The van der Waals surface area contributed by atoms with E-state index in [4.69, 9.17) is 23.2 Å². The number of hydrogen-bond donors (Lipinski definition) is 0. The first-order valence-corrected chi connectivity index (χ1v) is 8.51. The van der Waals surface area contributed by atoms with Gasteiger partial charge in [-0.3, -0.25) is 4.79 Å². The van der Waals surface area contributed by atoms with Crippen LogP contribution in [0.5, 0.6) is 0 Å². The average molecular weight is 367 g/mol. The van der Waals surface area contributed by atoms with Gasteiger partial charge in [0.25, 0.3) is 0 Å². The van der Waals surface area contributed by atoms with Crippen LogP contribution in [-0.4, -0.2) is 37.0 Å². The summed E-state index contributed by atoms with van der Waals surface area (Å²) in [6.07, 6.45) is 0.375. The summed E-state index contributed by atoms with van der Waals surface area (Å²) in [7, 11) is 0. The van der Waals surface area contributed by atoms with Crippen LogP contribution in [0, 0.1) is 5.82 Å². The van der Waals surface area contributed by atoms with E-state index in [1.807, 2.05) is 17.0 Å². The first-order chi connectivity index (χ1) is 11.5. The molecule has 0 atom stereocenters. The van der Waals surface area contributed by atoms with Crippen molar-refractivity contribution in [3.8, 4) is 0 Å². The fraction of sp³-hybridized carbons (Fsp3) is 0.278. The molecule has 0 N–H and O–H groups in total. The number of rotatable bonds is 3. The topological polar surface area (TPSA) is 23.6 Å².